The van der Waals surface area contributed by atoms with Crippen molar-refractivity contribution in [2.45, 2.75) is 26.6 Å². The Labute approximate surface area is 167 Å². The van der Waals surface area contributed by atoms with Gasteiger partial charge in [0.2, 0.25) is 5.91 Å². The van der Waals surface area contributed by atoms with E-state index in [4.69, 9.17) is 9.47 Å². The molecule has 0 aliphatic heterocycles. The fraction of sp³-hybridized carbons (Fsp3) is 0.190. The molecular weight excluding hydrogens is 376 g/mol. The number of para-hydroxylation sites is 2. The van der Waals surface area contributed by atoms with E-state index in [-0.39, 0.29) is 12.5 Å². The number of aromatic nitrogens is 1. The van der Waals surface area contributed by atoms with E-state index in [1.165, 1.54) is 23.2 Å². The van der Waals surface area contributed by atoms with Gasteiger partial charge in [-0.1, -0.05) is 36.4 Å². The van der Waals surface area contributed by atoms with Crippen LogP contribution >= 0.6 is 11.3 Å². The molecule has 0 N–H and O–H groups in total. The van der Waals surface area contributed by atoms with Crippen molar-refractivity contribution in [1.29, 1.82) is 0 Å². The third kappa shape index (κ3) is 4.95. The lowest BCUT2D eigenvalue weighted by Crippen LogP contribution is -2.26. The van der Waals surface area contributed by atoms with Crippen molar-refractivity contribution in [3.05, 3.63) is 71.7 Å². The Morgan fingerprint density at radius 2 is 1.71 bits per heavy atom. The van der Waals surface area contributed by atoms with Gasteiger partial charge in [0, 0.05) is 12.3 Å². The minimum Gasteiger partial charge on any atom is -0.479 e. The highest BCUT2D eigenvalue weighted by molar-refractivity contribution is 7.14. The fourth-order valence-corrected chi connectivity index (χ4v) is 3.35. The number of esters is 1. The van der Waals surface area contributed by atoms with Crippen LogP contribution in [0.15, 0.2) is 66.0 Å². The van der Waals surface area contributed by atoms with Crippen molar-refractivity contribution in [3.63, 3.8) is 0 Å². The van der Waals surface area contributed by atoms with Crippen molar-refractivity contribution < 1.29 is 19.1 Å². The van der Waals surface area contributed by atoms with E-state index in [0.29, 0.717) is 16.6 Å². The van der Waals surface area contributed by atoms with Crippen molar-refractivity contribution in [2.24, 2.45) is 0 Å². The highest BCUT2D eigenvalue weighted by Crippen LogP contribution is 2.28. The molecule has 1 atom stereocenters. The third-order valence-corrected chi connectivity index (χ3v) is 4.69. The SMILES string of the molecule is CC(=O)N(c1ccccc1)c1nc(COC(=O)[C@@H](C)Oc2ccccc2)cs1. The number of hydrogen-bond acceptors (Lipinski definition) is 6. The van der Waals surface area contributed by atoms with E-state index in [1.54, 1.807) is 24.4 Å². The number of anilines is 2. The summed E-state index contributed by atoms with van der Waals surface area (Å²) >= 11 is 1.31. The average molecular weight is 396 g/mol. The van der Waals surface area contributed by atoms with Gasteiger partial charge in [-0.15, -0.1) is 11.3 Å². The Morgan fingerprint density at radius 1 is 1.07 bits per heavy atom. The molecule has 144 valence electrons. The number of nitrogens with zero attached hydrogens (tertiary/aromatic N) is 2. The molecule has 0 aliphatic carbocycles. The quantitative estimate of drug-likeness (QED) is 0.556. The molecule has 0 spiro atoms. The first-order chi connectivity index (χ1) is 13.5. The maximum absolute atomic E-state index is 12.2. The number of hydrogen-bond donors (Lipinski definition) is 0. The van der Waals surface area contributed by atoms with Gasteiger partial charge in [0.25, 0.3) is 0 Å². The molecular formula is C21H20N2O4S. The second kappa shape index (κ2) is 9.14. The van der Waals surface area contributed by atoms with Crippen LogP contribution in [-0.2, 0) is 20.9 Å². The Morgan fingerprint density at radius 3 is 2.36 bits per heavy atom. The zero-order valence-electron chi connectivity index (χ0n) is 15.6. The summed E-state index contributed by atoms with van der Waals surface area (Å²) in [4.78, 5) is 30.2. The lowest BCUT2D eigenvalue weighted by atomic mass is 10.3. The Bertz CT molecular complexity index is 928. The van der Waals surface area contributed by atoms with Gasteiger partial charge in [-0.25, -0.2) is 9.78 Å². The molecule has 0 aliphatic rings. The van der Waals surface area contributed by atoms with Crippen LogP contribution in [0.4, 0.5) is 10.8 Å². The molecule has 0 bridgehead atoms. The maximum atomic E-state index is 12.2. The summed E-state index contributed by atoms with van der Waals surface area (Å²) in [6.45, 7) is 3.13. The fourth-order valence-electron chi connectivity index (χ4n) is 2.48. The number of thiazole rings is 1. The van der Waals surface area contributed by atoms with Gasteiger partial charge >= 0.3 is 5.97 Å². The number of amides is 1. The summed E-state index contributed by atoms with van der Waals surface area (Å²) in [6.07, 6.45) is -0.737. The van der Waals surface area contributed by atoms with E-state index in [0.717, 1.165) is 5.69 Å². The summed E-state index contributed by atoms with van der Waals surface area (Å²) in [5, 5.41) is 2.29. The lowest BCUT2D eigenvalue weighted by Gasteiger charge is -2.17. The van der Waals surface area contributed by atoms with Crippen LogP contribution in [0.3, 0.4) is 0 Å². The standard InChI is InChI=1S/C21H20N2O4S/c1-15(27-19-11-7-4-8-12-19)20(25)26-13-17-14-28-21(22-17)23(16(2)24)18-9-5-3-6-10-18/h3-12,14-15H,13H2,1-2H3/t15-/m1/s1. The Balaban J connectivity index is 1.61. The van der Waals surface area contributed by atoms with Crippen molar-refractivity contribution in [3.8, 4) is 5.75 Å². The van der Waals surface area contributed by atoms with E-state index >= 15 is 0 Å². The average Bonchev–Trinajstić information content (AvgIpc) is 3.16. The molecule has 0 saturated heterocycles. The first kappa shape index (κ1) is 19.6. The monoisotopic (exact) mass is 396 g/mol. The first-order valence-corrected chi connectivity index (χ1v) is 9.61. The highest BCUT2D eigenvalue weighted by atomic mass is 32.1. The van der Waals surface area contributed by atoms with Gasteiger partial charge in [-0.3, -0.25) is 9.69 Å². The molecule has 7 heteroatoms. The molecule has 2 aromatic carbocycles. The van der Waals surface area contributed by atoms with Crippen LogP contribution in [-0.4, -0.2) is 23.0 Å². The zero-order valence-corrected chi connectivity index (χ0v) is 16.4. The molecule has 0 unspecified atom stereocenters. The largest absolute Gasteiger partial charge is 0.479 e. The minimum atomic E-state index is -0.737. The molecule has 3 aromatic rings. The molecule has 0 radical (unpaired) electrons. The number of rotatable bonds is 7. The molecule has 3 rings (SSSR count). The Hall–Kier alpha value is -3.19. The zero-order chi connectivity index (χ0) is 19.9. The summed E-state index contributed by atoms with van der Waals surface area (Å²) in [5.41, 5.74) is 1.31. The van der Waals surface area contributed by atoms with E-state index < -0.39 is 12.1 Å². The van der Waals surface area contributed by atoms with Crippen LogP contribution in [0, 0.1) is 0 Å². The second-order valence-electron chi connectivity index (χ2n) is 5.99. The minimum absolute atomic E-state index is 0.0123. The molecule has 1 aromatic heterocycles. The second-order valence-corrected chi connectivity index (χ2v) is 6.83. The molecule has 28 heavy (non-hydrogen) atoms. The van der Waals surface area contributed by atoms with Crippen LogP contribution < -0.4 is 9.64 Å². The number of benzene rings is 2. The summed E-state index contributed by atoms with van der Waals surface area (Å²) in [5.74, 6) is -0.0262. The van der Waals surface area contributed by atoms with E-state index in [1.807, 2.05) is 48.5 Å². The predicted octanol–water partition coefficient (Wildman–Crippen LogP) is 4.34. The van der Waals surface area contributed by atoms with Crippen molar-refractivity contribution in [2.75, 3.05) is 4.90 Å². The predicted molar refractivity (Wildman–Crippen MR) is 108 cm³/mol. The summed E-state index contributed by atoms with van der Waals surface area (Å²) in [7, 11) is 0. The van der Waals surface area contributed by atoms with Gasteiger partial charge in [0.1, 0.15) is 12.4 Å². The topological polar surface area (TPSA) is 68.7 Å². The van der Waals surface area contributed by atoms with Crippen LogP contribution in [0.2, 0.25) is 0 Å². The number of carbonyl (C=O) groups is 2. The summed E-state index contributed by atoms with van der Waals surface area (Å²) in [6, 6.07) is 18.4. The Kier molecular flexibility index (Phi) is 6.39. The van der Waals surface area contributed by atoms with Crippen molar-refractivity contribution >= 4 is 34.0 Å². The molecule has 1 heterocycles. The van der Waals surface area contributed by atoms with Gasteiger partial charge in [-0.2, -0.15) is 0 Å². The smallest absolute Gasteiger partial charge is 0.347 e. The number of ether oxygens (including phenoxy) is 2. The summed E-state index contributed by atoms with van der Waals surface area (Å²) < 4.78 is 10.9. The van der Waals surface area contributed by atoms with Crippen molar-refractivity contribution in [1.82, 2.24) is 4.98 Å². The first-order valence-electron chi connectivity index (χ1n) is 8.73. The highest BCUT2D eigenvalue weighted by Gasteiger charge is 2.20. The van der Waals surface area contributed by atoms with Crippen LogP contribution in [0.1, 0.15) is 19.5 Å². The van der Waals surface area contributed by atoms with Gasteiger partial charge in [-0.05, 0) is 31.2 Å². The van der Waals surface area contributed by atoms with Gasteiger partial charge in [0.15, 0.2) is 11.2 Å². The lowest BCUT2D eigenvalue weighted by molar-refractivity contribution is -0.152. The van der Waals surface area contributed by atoms with E-state index in [2.05, 4.69) is 4.98 Å². The molecule has 0 saturated carbocycles. The molecule has 6 nitrogen and oxygen atoms in total. The normalized spacial score (nSPS) is 11.5. The maximum Gasteiger partial charge on any atom is 0.347 e. The van der Waals surface area contributed by atoms with E-state index in [9.17, 15) is 9.59 Å². The van der Waals surface area contributed by atoms with Gasteiger partial charge in [0.05, 0.1) is 11.4 Å². The third-order valence-electron chi connectivity index (χ3n) is 3.81. The molecule has 1 amide bonds. The molecule has 0 fully saturated rings. The van der Waals surface area contributed by atoms with Crippen LogP contribution in [0.5, 0.6) is 5.75 Å². The van der Waals surface area contributed by atoms with Gasteiger partial charge < -0.3 is 9.47 Å². The number of carbonyl (C=O) groups excluding carboxylic acids is 2. The van der Waals surface area contributed by atoms with Crippen LogP contribution in [0.25, 0.3) is 0 Å².